The number of carbonyl (C=O) groups excluding carboxylic acids is 2. The molecular weight excluding hydrogens is 348 g/mol. The number of piperidine rings is 1. The van der Waals surface area contributed by atoms with Crippen LogP contribution in [0.3, 0.4) is 0 Å². The molecule has 148 valence electrons. The van der Waals surface area contributed by atoms with Gasteiger partial charge in [0.15, 0.2) is 5.96 Å². The number of hydrogen-bond donors (Lipinski definition) is 2. The molecule has 3 heterocycles. The lowest BCUT2D eigenvalue weighted by atomic mass is 9.79. The molecule has 0 radical (unpaired) electrons. The number of nitrogens with zero attached hydrogens (tertiary/aromatic N) is 2. The van der Waals surface area contributed by atoms with Gasteiger partial charge in [0.2, 0.25) is 5.91 Å². The van der Waals surface area contributed by atoms with Gasteiger partial charge in [-0.1, -0.05) is 0 Å². The van der Waals surface area contributed by atoms with E-state index in [4.69, 9.17) is 14.1 Å². The second-order valence-electron chi connectivity index (χ2n) is 7.32. The number of nitrogens with one attached hydrogen (secondary N) is 2. The van der Waals surface area contributed by atoms with Crippen molar-refractivity contribution in [1.29, 1.82) is 0 Å². The van der Waals surface area contributed by atoms with E-state index < -0.39 is 5.97 Å². The summed E-state index contributed by atoms with van der Waals surface area (Å²) in [5, 5.41) is 6.30. The predicted molar refractivity (Wildman–Crippen MR) is 100 cm³/mol. The van der Waals surface area contributed by atoms with Crippen LogP contribution in [-0.2, 0) is 16.1 Å². The minimum atomic E-state index is -0.408. The summed E-state index contributed by atoms with van der Waals surface area (Å²) >= 11 is 0. The van der Waals surface area contributed by atoms with E-state index in [9.17, 15) is 9.59 Å². The normalized spacial score (nSPS) is 22.9. The van der Waals surface area contributed by atoms with E-state index in [1.165, 1.54) is 7.11 Å². The highest BCUT2D eigenvalue weighted by Crippen LogP contribution is 2.36. The fourth-order valence-electron chi connectivity index (χ4n) is 3.94. The second-order valence-corrected chi connectivity index (χ2v) is 7.32. The zero-order valence-electron chi connectivity index (χ0n) is 16.3. The smallest absolute Gasteiger partial charge is 0.341 e. The first-order valence-electron chi connectivity index (χ1n) is 9.44. The Morgan fingerprint density at radius 1 is 1.52 bits per heavy atom. The predicted octanol–water partition coefficient (Wildman–Crippen LogP) is 1.44. The zero-order chi connectivity index (χ0) is 19.4. The van der Waals surface area contributed by atoms with Crippen LogP contribution >= 0.6 is 0 Å². The summed E-state index contributed by atoms with van der Waals surface area (Å²) in [4.78, 5) is 30.4. The van der Waals surface area contributed by atoms with Crippen molar-refractivity contribution < 1.29 is 18.7 Å². The highest BCUT2D eigenvalue weighted by molar-refractivity contribution is 5.90. The molecule has 8 nitrogen and oxygen atoms in total. The number of amides is 1. The van der Waals surface area contributed by atoms with Gasteiger partial charge in [-0.25, -0.2) is 9.79 Å². The molecule has 1 aromatic heterocycles. The minimum Gasteiger partial charge on any atom is -0.465 e. The maximum absolute atomic E-state index is 11.7. The minimum absolute atomic E-state index is 0.00481. The van der Waals surface area contributed by atoms with Gasteiger partial charge in [0.1, 0.15) is 23.6 Å². The number of rotatable bonds is 4. The van der Waals surface area contributed by atoms with E-state index in [0.717, 1.165) is 45.0 Å². The molecule has 2 aliphatic heterocycles. The van der Waals surface area contributed by atoms with Crippen LogP contribution in [-0.4, -0.2) is 56.0 Å². The molecule has 0 saturated carbocycles. The molecule has 2 fully saturated rings. The number of furan rings is 1. The van der Waals surface area contributed by atoms with Crippen molar-refractivity contribution >= 4 is 17.8 Å². The average Bonchev–Trinajstić information content (AvgIpc) is 3.20. The molecule has 1 aromatic rings. The average molecular weight is 376 g/mol. The Morgan fingerprint density at radius 3 is 3.00 bits per heavy atom. The van der Waals surface area contributed by atoms with Crippen molar-refractivity contribution in [2.45, 2.75) is 39.7 Å². The standard InChI is InChI=1S/C19H28N4O4/c1-4-20-18(21-10-14-8-15(13(2)27-14)17(25)26-3)23-7-5-6-19(12-23)9-16(24)22-11-19/h8H,4-7,9-12H2,1-3H3,(H,20,21)(H,22,24). The van der Waals surface area contributed by atoms with E-state index in [2.05, 4.69) is 15.5 Å². The molecule has 3 rings (SSSR count). The number of methoxy groups -OCH3 is 1. The topological polar surface area (TPSA) is 96.2 Å². The Labute approximate surface area is 159 Å². The lowest BCUT2D eigenvalue weighted by Gasteiger charge is -2.40. The highest BCUT2D eigenvalue weighted by atomic mass is 16.5. The first-order valence-corrected chi connectivity index (χ1v) is 9.44. The quantitative estimate of drug-likeness (QED) is 0.469. The van der Waals surface area contributed by atoms with Crippen molar-refractivity contribution in [3.63, 3.8) is 0 Å². The van der Waals surface area contributed by atoms with Crippen LogP contribution in [0.25, 0.3) is 0 Å². The summed E-state index contributed by atoms with van der Waals surface area (Å²) in [5.74, 6) is 1.69. The molecule has 2 saturated heterocycles. The summed E-state index contributed by atoms with van der Waals surface area (Å²) in [6, 6.07) is 1.69. The van der Waals surface area contributed by atoms with Crippen LogP contribution in [0, 0.1) is 12.3 Å². The van der Waals surface area contributed by atoms with Gasteiger partial charge in [-0.3, -0.25) is 4.79 Å². The third kappa shape index (κ3) is 4.26. The molecular formula is C19H28N4O4. The summed E-state index contributed by atoms with van der Waals surface area (Å²) in [6.45, 7) is 7.31. The van der Waals surface area contributed by atoms with Crippen LogP contribution in [0.2, 0.25) is 0 Å². The number of ether oxygens (including phenoxy) is 1. The Kier molecular flexibility index (Phi) is 5.72. The van der Waals surface area contributed by atoms with E-state index >= 15 is 0 Å². The molecule has 0 aromatic carbocycles. The highest BCUT2D eigenvalue weighted by Gasteiger charge is 2.42. The summed E-state index contributed by atoms with van der Waals surface area (Å²) in [7, 11) is 1.35. The molecule has 1 unspecified atom stereocenters. The lowest BCUT2D eigenvalue weighted by Crippen LogP contribution is -2.51. The third-order valence-corrected chi connectivity index (χ3v) is 5.25. The number of aliphatic imine (C=N–C) groups is 1. The monoisotopic (exact) mass is 376 g/mol. The SMILES string of the molecule is CCNC(=NCc1cc(C(=O)OC)c(C)o1)N1CCCC2(CNC(=O)C2)C1. The number of carbonyl (C=O) groups is 2. The van der Waals surface area contributed by atoms with Gasteiger partial charge in [0.25, 0.3) is 0 Å². The molecule has 0 bridgehead atoms. The molecule has 2 aliphatic rings. The van der Waals surface area contributed by atoms with Gasteiger partial charge >= 0.3 is 5.97 Å². The maximum atomic E-state index is 11.7. The van der Waals surface area contributed by atoms with Crippen LogP contribution in [0.4, 0.5) is 0 Å². The summed E-state index contributed by atoms with van der Waals surface area (Å²) in [6.07, 6.45) is 2.68. The van der Waals surface area contributed by atoms with Crippen molar-refractivity contribution in [2.24, 2.45) is 10.4 Å². The van der Waals surface area contributed by atoms with E-state index in [0.29, 0.717) is 30.0 Å². The largest absolute Gasteiger partial charge is 0.465 e. The van der Waals surface area contributed by atoms with Crippen LogP contribution in [0.1, 0.15) is 48.1 Å². The molecule has 1 atom stereocenters. The molecule has 2 N–H and O–H groups in total. The number of aryl methyl sites for hydroxylation is 1. The van der Waals surface area contributed by atoms with Gasteiger partial charge in [-0.05, 0) is 32.8 Å². The molecule has 0 aliphatic carbocycles. The van der Waals surface area contributed by atoms with Gasteiger partial charge < -0.3 is 24.7 Å². The van der Waals surface area contributed by atoms with Crippen LogP contribution in [0.15, 0.2) is 15.5 Å². The van der Waals surface area contributed by atoms with Crippen molar-refractivity contribution in [2.75, 3.05) is 33.3 Å². The first-order chi connectivity index (χ1) is 13.0. The summed E-state index contributed by atoms with van der Waals surface area (Å²) < 4.78 is 10.4. The summed E-state index contributed by atoms with van der Waals surface area (Å²) in [5.41, 5.74) is 0.436. The molecule has 27 heavy (non-hydrogen) atoms. The Balaban J connectivity index is 1.73. The first kappa shape index (κ1) is 19.3. The van der Waals surface area contributed by atoms with Gasteiger partial charge in [0.05, 0.1) is 7.11 Å². The lowest BCUT2D eigenvalue weighted by molar-refractivity contribution is -0.119. The van der Waals surface area contributed by atoms with Gasteiger partial charge in [-0.15, -0.1) is 0 Å². The maximum Gasteiger partial charge on any atom is 0.341 e. The number of likely N-dealkylation sites (tertiary alicyclic amines) is 1. The zero-order valence-corrected chi connectivity index (χ0v) is 16.3. The van der Waals surface area contributed by atoms with E-state index in [1.807, 2.05) is 6.92 Å². The van der Waals surface area contributed by atoms with Gasteiger partial charge in [0, 0.05) is 38.0 Å². The van der Waals surface area contributed by atoms with E-state index in [-0.39, 0.29) is 11.3 Å². The van der Waals surface area contributed by atoms with E-state index in [1.54, 1.807) is 13.0 Å². The van der Waals surface area contributed by atoms with Crippen molar-refractivity contribution in [3.8, 4) is 0 Å². The Hall–Kier alpha value is -2.51. The Morgan fingerprint density at radius 2 is 2.33 bits per heavy atom. The van der Waals surface area contributed by atoms with Crippen molar-refractivity contribution in [1.82, 2.24) is 15.5 Å². The fraction of sp³-hybridized carbons (Fsp3) is 0.632. The Bertz CT molecular complexity index is 742. The fourth-order valence-corrected chi connectivity index (χ4v) is 3.94. The number of esters is 1. The van der Waals surface area contributed by atoms with Crippen LogP contribution in [0.5, 0.6) is 0 Å². The third-order valence-electron chi connectivity index (χ3n) is 5.25. The van der Waals surface area contributed by atoms with Gasteiger partial charge in [-0.2, -0.15) is 0 Å². The second kappa shape index (κ2) is 8.02. The number of guanidine groups is 1. The number of hydrogen-bond acceptors (Lipinski definition) is 5. The molecule has 1 spiro atoms. The molecule has 8 heteroatoms. The van der Waals surface area contributed by atoms with Crippen LogP contribution < -0.4 is 10.6 Å². The molecule has 1 amide bonds. The van der Waals surface area contributed by atoms with Crippen molar-refractivity contribution in [3.05, 3.63) is 23.2 Å².